The first-order valence-corrected chi connectivity index (χ1v) is 7.86. The van der Waals surface area contributed by atoms with Crippen LogP contribution in [-0.4, -0.2) is 34.2 Å². The van der Waals surface area contributed by atoms with Crippen LogP contribution in [0.3, 0.4) is 0 Å². The van der Waals surface area contributed by atoms with Crippen molar-refractivity contribution < 1.29 is 4.79 Å². The van der Waals surface area contributed by atoms with Crippen molar-refractivity contribution in [2.45, 2.75) is 26.2 Å². The third-order valence-electron chi connectivity index (χ3n) is 3.84. The third kappa shape index (κ3) is 3.05. The van der Waals surface area contributed by atoms with Crippen molar-refractivity contribution in [1.82, 2.24) is 15.1 Å². The van der Waals surface area contributed by atoms with Crippen LogP contribution in [0.2, 0.25) is 0 Å². The number of anilines is 1. The molecule has 21 heavy (non-hydrogen) atoms. The van der Waals surface area contributed by atoms with Crippen LogP contribution in [0.4, 0.5) is 9.93 Å². The first kappa shape index (κ1) is 14.0. The van der Waals surface area contributed by atoms with Crippen molar-refractivity contribution in [1.29, 1.82) is 0 Å². The van der Waals surface area contributed by atoms with Gasteiger partial charge in [-0.1, -0.05) is 35.6 Å². The highest BCUT2D eigenvalue weighted by atomic mass is 32.1. The SMILES string of the molecule is Cc1nnc(NC(=O)N2CCC(c3ccccc3C)C2)s1. The summed E-state index contributed by atoms with van der Waals surface area (Å²) in [5, 5.41) is 12.1. The molecule has 1 unspecified atom stereocenters. The quantitative estimate of drug-likeness (QED) is 0.927. The van der Waals surface area contributed by atoms with Crippen molar-refractivity contribution in [2.24, 2.45) is 0 Å². The Hall–Kier alpha value is -1.95. The number of nitrogens with zero attached hydrogens (tertiary/aromatic N) is 3. The fourth-order valence-electron chi connectivity index (χ4n) is 2.76. The monoisotopic (exact) mass is 302 g/mol. The van der Waals surface area contributed by atoms with Gasteiger partial charge in [0.2, 0.25) is 5.13 Å². The van der Waals surface area contributed by atoms with E-state index in [1.165, 1.54) is 22.5 Å². The van der Waals surface area contributed by atoms with Crippen molar-refractivity contribution in [3.8, 4) is 0 Å². The fourth-order valence-corrected chi connectivity index (χ4v) is 3.34. The molecule has 1 aliphatic rings. The highest BCUT2D eigenvalue weighted by Crippen LogP contribution is 2.29. The van der Waals surface area contributed by atoms with E-state index in [-0.39, 0.29) is 6.03 Å². The van der Waals surface area contributed by atoms with E-state index >= 15 is 0 Å². The van der Waals surface area contributed by atoms with E-state index in [1.54, 1.807) is 0 Å². The van der Waals surface area contributed by atoms with Crippen molar-refractivity contribution in [2.75, 3.05) is 18.4 Å². The summed E-state index contributed by atoms with van der Waals surface area (Å²) in [4.78, 5) is 14.1. The summed E-state index contributed by atoms with van der Waals surface area (Å²) in [6.07, 6.45) is 1.01. The molecule has 2 heterocycles. The van der Waals surface area contributed by atoms with Gasteiger partial charge in [-0.3, -0.25) is 5.32 Å². The molecule has 1 aromatic heterocycles. The number of amides is 2. The van der Waals surface area contributed by atoms with Crippen LogP contribution in [0, 0.1) is 13.8 Å². The summed E-state index contributed by atoms with van der Waals surface area (Å²) in [6.45, 7) is 5.54. The molecule has 1 saturated heterocycles. The topological polar surface area (TPSA) is 58.1 Å². The Labute approximate surface area is 128 Å². The zero-order valence-electron chi connectivity index (χ0n) is 12.2. The molecule has 1 N–H and O–H groups in total. The van der Waals surface area contributed by atoms with Crippen LogP contribution < -0.4 is 5.32 Å². The standard InChI is InChI=1S/C15H18N4OS/c1-10-5-3-4-6-13(10)12-7-8-19(9-12)15(20)16-14-18-17-11(2)21-14/h3-6,12H,7-9H2,1-2H3,(H,16,18,20). The molecule has 0 spiro atoms. The van der Waals surface area contributed by atoms with Gasteiger partial charge in [0.05, 0.1) is 0 Å². The van der Waals surface area contributed by atoms with E-state index in [9.17, 15) is 4.79 Å². The van der Waals surface area contributed by atoms with E-state index < -0.39 is 0 Å². The number of urea groups is 1. The van der Waals surface area contributed by atoms with Crippen LogP contribution in [-0.2, 0) is 0 Å². The number of rotatable bonds is 2. The highest BCUT2D eigenvalue weighted by molar-refractivity contribution is 7.15. The Balaban J connectivity index is 1.64. The van der Waals surface area contributed by atoms with Gasteiger partial charge in [-0.2, -0.15) is 0 Å². The highest BCUT2D eigenvalue weighted by Gasteiger charge is 2.28. The lowest BCUT2D eigenvalue weighted by atomic mass is 9.94. The maximum atomic E-state index is 12.2. The van der Waals surface area contributed by atoms with Gasteiger partial charge in [0.15, 0.2) is 0 Å². The Morgan fingerprint density at radius 3 is 2.86 bits per heavy atom. The van der Waals surface area contributed by atoms with Crippen LogP contribution in [0.5, 0.6) is 0 Å². The maximum Gasteiger partial charge on any atom is 0.323 e. The summed E-state index contributed by atoms with van der Waals surface area (Å²) in [6, 6.07) is 8.32. The average Bonchev–Trinajstić information content (AvgIpc) is 3.09. The average molecular weight is 302 g/mol. The molecule has 3 rings (SSSR count). The van der Waals surface area contributed by atoms with Gasteiger partial charge in [0, 0.05) is 19.0 Å². The van der Waals surface area contributed by atoms with E-state index in [1.807, 2.05) is 11.8 Å². The molecule has 1 aliphatic heterocycles. The van der Waals surface area contributed by atoms with Gasteiger partial charge in [0.1, 0.15) is 5.01 Å². The number of aryl methyl sites for hydroxylation is 2. The molecule has 6 heteroatoms. The van der Waals surface area contributed by atoms with E-state index in [2.05, 4.69) is 46.7 Å². The number of hydrogen-bond acceptors (Lipinski definition) is 4. The van der Waals surface area contributed by atoms with Gasteiger partial charge in [-0.25, -0.2) is 4.79 Å². The number of benzene rings is 1. The molecule has 0 radical (unpaired) electrons. The van der Waals surface area contributed by atoms with Gasteiger partial charge in [-0.05, 0) is 31.4 Å². The summed E-state index contributed by atoms with van der Waals surface area (Å²) in [7, 11) is 0. The molecule has 1 fully saturated rings. The van der Waals surface area contributed by atoms with Gasteiger partial charge >= 0.3 is 6.03 Å². The molecule has 5 nitrogen and oxygen atoms in total. The zero-order valence-corrected chi connectivity index (χ0v) is 13.0. The van der Waals surface area contributed by atoms with Crippen molar-refractivity contribution >= 4 is 22.5 Å². The molecule has 2 amide bonds. The minimum absolute atomic E-state index is 0.0813. The predicted octanol–water partition coefficient (Wildman–Crippen LogP) is 3.18. The van der Waals surface area contributed by atoms with Crippen LogP contribution in [0.1, 0.15) is 28.5 Å². The number of carbonyl (C=O) groups is 1. The minimum atomic E-state index is -0.0813. The molecule has 1 aromatic carbocycles. The zero-order chi connectivity index (χ0) is 14.8. The van der Waals surface area contributed by atoms with Crippen LogP contribution in [0.25, 0.3) is 0 Å². The Morgan fingerprint density at radius 1 is 1.33 bits per heavy atom. The Morgan fingerprint density at radius 2 is 2.14 bits per heavy atom. The van der Waals surface area contributed by atoms with Crippen LogP contribution >= 0.6 is 11.3 Å². The van der Waals surface area contributed by atoms with Gasteiger partial charge in [-0.15, -0.1) is 10.2 Å². The maximum absolute atomic E-state index is 12.2. The molecule has 2 aromatic rings. The molecule has 0 saturated carbocycles. The summed E-state index contributed by atoms with van der Waals surface area (Å²) in [5.74, 6) is 0.424. The second-order valence-electron chi connectivity index (χ2n) is 5.34. The molecular weight excluding hydrogens is 284 g/mol. The molecule has 1 atom stereocenters. The predicted molar refractivity (Wildman–Crippen MR) is 83.8 cm³/mol. The normalized spacial score (nSPS) is 18.0. The first-order valence-electron chi connectivity index (χ1n) is 7.05. The number of aromatic nitrogens is 2. The van der Waals surface area contributed by atoms with Crippen LogP contribution in [0.15, 0.2) is 24.3 Å². The minimum Gasteiger partial charge on any atom is -0.324 e. The van der Waals surface area contributed by atoms with E-state index in [0.717, 1.165) is 24.5 Å². The molecular formula is C15H18N4OS. The fraction of sp³-hybridized carbons (Fsp3) is 0.400. The number of nitrogens with one attached hydrogen (secondary N) is 1. The first-order chi connectivity index (χ1) is 10.1. The van der Waals surface area contributed by atoms with Crippen molar-refractivity contribution in [3.63, 3.8) is 0 Å². The summed E-state index contributed by atoms with van der Waals surface area (Å²) in [5.41, 5.74) is 2.64. The molecule has 110 valence electrons. The van der Waals surface area contributed by atoms with Gasteiger partial charge < -0.3 is 4.90 Å². The second-order valence-corrected chi connectivity index (χ2v) is 6.53. The van der Waals surface area contributed by atoms with E-state index in [0.29, 0.717) is 11.0 Å². The summed E-state index contributed by atoms with van der Waals surface area (Å²) < 4.78 is 0. The summed E-state index contributed by atoms with van der Waals surface area (Å²) >= 11 is 1.39. The lowest BCUT2D eigenvalue weighted by Gasteiger charge is -2.17. The number of carbonyl (C=O) groups excluding carboxylic acids is 1. The molecule has 0 aliphatic carbocycles. The molecule has 0 bridgehead atoms. The lowest BCUT2D eigenvalue weighted by Crippen LogP contribution is -2.32. The largest absolute Gasteiger partial charge is 0.324 e. The second kappa shape index (κ2) is 5.81. The third-order valence-corrected chi connectivity index (χ3v) is 4.60. The Bertz CT molecular complexity index is 655. The van der Waals surface area contributed by atoms with Gasteiger partial charge in [0.25, 0.3) is 0 Å². The number of likely N-dealkylation sites (tertiary alicyclic amines) is 1. The van der Waals surface area contributed by atoms with E-state index in [4.69, 9.17) is 0 Å². The van der Waals surface area contributed by atoms with Crippen molar-refractivity contribution in [3.05, 3.63) is 40.4 Å². The number of hydrogen-bond donors (Lipinski definition) is 1. The lowest BCUT2D eigenvalue weighted by molar-refractivity contribution is 0.222. The Kier molecular flexibility index (Phi) is 3.88. The smallest absolute Gasteiger partial charge is 0.323 e.